The number of fused-ring (bicyclic) bond motifs is 1. The van der Waals surface area contributed by atoms with Gasteiger partial charge in [0.05, 0.1) is 5.52 Å². The Kier molecular flexibility index (Phi) is 3.15. The van der Waals surface area contributed by atoms with Gasteiger partial charge in [0, 0.05) is 24.7 Å². The van der Waals surface area contributed by atoms with Crippen molar-refractivity contribution in [3.8, 4) is 0 Å². The maximum Gasteiger partial charge on any atom is 0.325 e. The number of carbonyl (C=O) groups excluding carboxylic acids is 1. The number of amides is 1. The van der Waals surface area contributed by atoms with Crippen LogP contribution in [0.3, 0.4) is 0 Å². The van der Waals surface area contributed by atoms with Gasteiger partial charge in [-0.1, -0.05) is 18.2 Å². The van der Waals surface area contributed by atoms with Crippen molar-refractivity contribution in [3.63, 3.8) is 0 Å². The fourth-order valence-electron chi connectivity index (χ4n) is 2.05. The molecule has 0 fully saturated rings. The van der Waals surface area contributed by atoms with Crippen LogP contribution in [0.5, 0.6) is 0 Å². The number of nitrogens with zero attached hydrogens (tertiary/aromatic N) is 1. The molecule has 0 saturated carbocycles. The van der Waals surface area contributed by atoms with E-state index in [1.807, 2.05) is 37.4 Å². The van der Waals surface area contributed by atoms with E-state index in [4.69, 9.17) is 5.73 Å². The highest BCUT2D eigenvalue weighted by Gasteiger charge is 2.12. The molecule has 0 aliphatic carbocycles. The quantitative estimate of drug-likeness (QED) is 0.826. The molecule has 0 radical (unpaired) electrons. The predicted octanol–water partition coefficient (Wildman–Crippen LogP) is 1.72. The van der Waals surface area contributed by atoms with Gasteiger partial charge in [0.15, 0.2) is 0 Å². The summed E-state index contributed by atoms with van der Waals surface area (Å²) in [5.74, 6) is 0. The fourth-order valence-corrected chi connectivity index (χ4v) is 2.05. The molecule has 90 valence electrons. The third-order valence-electron chi connectivity index (χ3n) is 2.77. The molecule has 1 amide bonds. The average Bonchev–Trinajstić information content (AvgIpc) is 2.67. The number of hydrogen-bond donors (Lipinski definition) is 2. The molecule has 1 atom stereocenters. The Bertz CT molecular complexity index is 543. The second-order valence-corrected chi connectivity index (χ2v) is 4.28. The summed E-state index contributed by atoms with van der Waals surface area (Å²) in [6.07, 6.45) is 2.64. The first-order valence-corrected chi connectivity index (χ1v) is 5.70. The summed E-state index contributed by atoms with van der Waals surface area (Å²) >= 11 is 0. The van der Waals surface area contributed by atoms with Gasteiger partial charge in [-0.05, 0) is 25.0 Å². The lowest BCUT2D eigenvalue weighted by molar-refractivity contribution is 0.245. The highest BCUT2D eigenvalue weighted by atomic mass is 16.2. The Morgan fingerprint density at radius 1 is 1.47 bits per heavy atom. The van der Waals surface area contributed by atoms with E-state index in [1.54, 1.807) is 11.6 Å². The van der Waals surface area contributed by atoms with Gasteiger partial charge in [0.1, 0.15) is 0 Å². The van der Waals surface area contributed by atoms with Gasteiger partial charge in [-0.3, -0.25) is 4.57 Å². The van der Waals surface area contributed by atoms with Gasteiger partial charge < -0.3 is 11.1 Å². The maximum atomic E-state index is 11.7. The molecule has 17 heavy (non-hydrogen) atoms. The van der Waals surface area contributed by atoms with Crippen LogP contribution in [0, 0.1) is 0 Å². The fraction of sp³-hybridized carbons (Fsp3) is 0.308. The predicted molar refractivity (Wildman–Crippen MR) is 69.1 cm³/mol. The van der Waals surface area contributed by atoms with Gasteiger partial charge in [-0.2, -0.15) is 0 Å². The number of aromatic nitrogens is 1. The van der Waals surface area contributed by atoms with E-state index in [2.05, 4.69) is 5.32 Å². The summed E-state index contributed by atoms with van der Waals surface area (Å²) in [5.41, 5.74) is 7.85. The minimum atomic E-state index is -0.128. The molecule has 0 aliphatic heterocycles. The molecule has 0 bridgehead atoms. The second-order valence-electron chi connectivity index (χ2n) is 4.28. The molecule has 2 aromatic rings. The van der Waals surface area contributed by atoms with E-state index in [1.165, 1.54) is 0 Å². The first kappa shape index (κ1) is 11.7. The smallest absolute Gasteiger partial charge is 0.325 e. The standard InChI is InChI=1S/C13H17N3O/c1-9(14)7-10-8-16(13(17)15-2)12-6-4-3-5-11(10)12/h3-6,8-9H,7,14H2,1-2H3,(H,15,17)/t9-/m1/s1. The van der Waals surface area contributed by atoms with Gasteiger partial charge >= 0.3 is 6.03 Å². The zero-order valence-corrected chi connectivity index (χ0v) is 10.1. The van der Waals surface area contributed by atoms with E-state index in [0.29, 0.717) is 0 Å². The van der Waals surface area contributed by atoms with Crippen LogP contribution >= 0.6 is 0 Å². The minimum absolute atomic E-state index is 0.0824. The molecule has 2 rings (SSSR count). The van der Waals surface area contributed by atoms with Crippen molar-refractivity contribution in [3.05, 3.63) is 36.0 Å². The van der Waals surface area contributed by atoms with Crippen LogP contribution in [0.2, 0.25) is 0 Å². The van der Waals surface area contributed by atoms with Crippen LogP contribution in [0.25, 0.3) is 10.9 Å². The summed E-state index contributed by atoms with van der Waals surface area (Å²) in [6.45, 7) is 1.96. The van der Waals surface area contributed by atoms with Crippen LogP contribution in [0.4, 0.5) is 4.79 Å². The highest BCUT2D eigenvalue weighted by molar-refractivity contribution is 5.93. The minimum Gasteiger partial charge on any atom is -0.340 e. The maximum absolute atomic E-state index is 11.7. The molecule has 1 aromatic heterocycles. The monoisotopic (exact) mass is 231 g/mol. The first-order chi connectivity index (χ1) is 8.13. The molecular formula is C13H17N3O. The van der Waals surface area contributed by atoms with Crippen molar-refractivity contribution < 1.29 is 4.79 Å². The number of carbonyl (C=O) groups is 1. The molecular weight excluding hydrogens is 214 g/mol. The summed E-state index contributed by atoms with van der Waals surface area (Å²) in [5, 5.41) is 3.72. The molecule has 0 unspecified atom stereocenters. The molecule has 0 spiro atoms. The molecule has 0 aliphatic rings. The number of para-hydroxylation sites is 1. The van der Waals surface area contributed by atoms with Gasteiger partial charge in [0.25, 0.3) is 0 Å². The summed E-state index contributed by atoms with van der Waals surface area (Å²) < 4.78 is 1.63. The van der Waals surface area contributed by atoms with Crippen molar-refractivity contribution in [2.75, 3.05) is 7.05 Å². The lowest BCUT2D eigenvalue weighted by atomic mass is 10.1. The zero-order chi connectivity index (χ0) is 12.4. The average molecular weight is 231 g/mol. The van der Waals surface area contributed by atoms with Gasteiger partial charge in [-0.15, -0.1) is 0 Å². The number of rotatable bonds is 2. The van der Waals surface area contributed by atoms with E-state index < -0.39 is 0 Å². The normalized spacial score (nSPS) is 12.6. The van der Waals surface area contributed by atoms with Crippen molar-refractivity contribution >= 4 is 16.9 Å². The van der Waals surface area contributed by atoms with Crippen LogP contribution in [0.15, 0.2) is 30.5 Å². The van der Waals surface area contributed by atoms with Gasteiger partial charge in [0.2, 0.25) is 0 Å². The lowest BCUT2D eigenvalue weighted by Crippen LogP contribution is -2.23. The number of hydrogen-bond acceptors (Lipinski definition) is 2. The molecule has 1 aromatic carbocycles. The Morgan fingerprint density at radius 3 is 2.82 bits per heavy atom. The Hall–Kier alpha value is -1.81. The summed E-state index contributed by atoms with van der Waals surface area (Å²) in [6, 6.07) is 7.82. The zero-order valence-electron chi connectivity index (χ0n) is 10.1. The Balaban J connectivity index is 2.58. The van der Waals surface area contributed by atoms with Crippen LogP contribution < -0.4 is 11.1 Å². The van der Waals surface area contributed by atoms with Crippen molar-refractivity contribution in [1.82, 2.24) is 9.88 Å². The van der Waals surface area contributed by atoms with E-state index in [0.717, 1.165) is 22.9 Å². The first-order valence-electron chi connectivity index (χ1n) is 5.70. The van der Waals surface area contributed by atoms with Crippen molar-refractivity contribution in [1.29, 1.82) is 0 Å². The van der Waals surface area contributed by atoms with Gasteiger partial charge in [-0.25, -0.2) is 4.79 Å². The molecule has 4 nitrogen and oxygen atoms in total. The second kappa shape index (κ2) is 4.59. The van der Waals surface area contributed by atoms with Crippen LogP contribution in [0.1, 0.15) is 12.5 Å². The third kappa shape index (κ3) is 2.17. The molecule has 1 heterocycles. The van der Waals surface area contributed by atoms with Crippen molar-refractivity contribution in [2.45, 2.75) is 19.4 Å². The Labute approximate surface area is 100 Å². The molecule has 3 N–H and O–H groups in total. The topological polar surface area (TPSA) is 60.0 Å². The lowest BCUT2D eigenvalue weighted by Gasteiger charge is -2.02. The van der Waals surface area contributed by atoms with Crippen molar-refractivity contribution in [2.24, 2.45) is 5.73 Å². The SMILES string of the molecule is CNC(=O)n1cc(C[C@@H](C)N)c2ccccc21. The van der Waals surface area contributed by atoms with E-state index in [9.17, 15) is 4.79 Å². The Morgan fingerprint density at radius 2 is 2.18 bits per heavy atom. The van der Waals surface area contributed by atoms with Crippen LogP contribution in [-0.2, 0) is 6.42 Å². The van der Waals surface area contributed by atoms with Crippen LogP contribution in [-0.4, -0.2) is 23.7 Å². The third-order valence-corrected chi connectivity index (χ3v) is 2.77. The highest BCUT2D eigenvalue weighted by Crippen LogP contribution is 2.22. The number of nitrogens with two attached hydrogens (primary N) is 1. The summed E-state index contributed by atoms with van der Waals surface area (Å²) in [4.78, 5) is 11.7. The number of nitrogens with one attached hydrogen (secondary N) is 1. The largest absolute Gasteiger partial charge is 0.340 e. The van der Waals surface area contributed by atoms with E-state index >= 15 is 0 Å². The molecule has 4 heteroatoms. The molecule has 0 saturated heterocycles. The summed E-state index contributed by atoms with van der Waals surface area (Å²) in [7, 11) is 1.63. The number of benzene rings is 1. The van der Waals surface area contributed by atoms with E-state index in [-0.39, 0.29) is 12.1 Å².